The fourth-order valence-electron chi connectivity index (χ4n) is 2.08. The van der Waals surface area contributed by atoms with Crippen molar-refractivity contribution in [1.82, 2.24) is 0 Å². The van der Waals surface area contributed by atoms with Gasteiger partial charge in [0.1, 0.15) is 5.82 Å². The zero-order chi connectivity index (χ0) is 13.1. The van der Waals surface area contributed by atoms with E-state index in [1.165, 1.54) is 11.6 Å². The highest BCUT2D eigenvalue weighted by Crippen LogP contribution is 2.26. The van der Waals surface area contributed by atoms with Gasteiger partial charge in [-0.05, 0) is 36.6 Å². The molecule has 2 aromatic rings. The van der Waals surface area contributed by atoms with E-state index in [9.17, 15) is 4.39 Å². The number of rotatable bonds is 2. The summed E-state index contributed by atoms with van der Waals surface area (Å²) in [5.74, 6) is -0.311. The molecule has 2 rings (SSSR count). The molecule has 0 unspecified atom stereocenters. The van der Waals surface area contributed by atoms with Gasteiger partial charge in [-0.1, -0.05) is 35.9 Å². The molecular formula is C16H14FN. The number of nitriles is 1. The van der Waals surface area contributed by atoms with E-state index < -0.39 is 0 Å². The number of aryl methyl sites for hydroxylation is 2. The number of hydrogen-bond donors (Lipinski definition) is 0. The fourth-order valence-corrected chi connectivity index (χ4v) is 2.08. The van der Waals surface area contributed by atoms with Crippen LogP contribution in [-0.2, 0) is 6.42 Å². The van der Waals surface area contributed by atoms with Crippen LogP contribution in [0.2, 0.25) is 0 Å². The number of halogens is 1. The van der Waals surface area contributed by atoms with Crippen molar-refractivity contribution >= 4 is 0 Å². The van der Waals surface area contributed by atoms with E-state index in [4.69, 9.17) is 5.26 Å². The summed E-state index contributed by atoms with van der Waals surface area (Å²) in [6.45, 7) is 4.05. The Morgan fingerprint density at radius 1 is 1.11 bits per heavy atom. The molecule has 0 N–H and O–H groups in total. The van der Waals surface area contributed by atoms with E-state index in [2.05, 4.69) is 6.07 Å². The molecule has 18 heavy (non-hydrogen) atoms. The predicted octanol–water partition coefficient (Wildman–Crippen LogP) is 4.18. The summed E-state index contributed by atoms with van der Waals surface area (Å²) in [6, 6.07) is 13.1. The topological polar surface area (TPSA) is 23.8 Å². The third-order valence-corrected chi connectivity index (χ3v) is 3.02. The SMILES string of the molecule is Cc1ccc(-c2ccc(CC#N)c(F)c2)c(C)c1. The Balaban J connectivity index is 2.46. The van der Waals surface area contributed by atoms with Crippen molar-refractivity contribution in [3.05, 3.63) is 58.9 Å². The molecule has 0 aliphatic rings. The molecule has 0 bridgehead atoms. The number of nitrogens with zero attached hydrogens (tertiary/aromatic N) is 1. The lowest BCUT2D eigenvalue weighted by atomic mass is 9.97. The maximum atomic E-state index is 13.8. The Hall–Kier alpha value is -2.14. The summed E-state index contributed by atoms with van der Waals surface area (Å²) in [7, 11) is 0. The third-order valence-electron chi connectivity index (χ3n) is 3.02. The third kappa shape index (κ3) is 2.41. The molecule has 0 aliphatic carbocycles. The number of benzene rings is 2. The second-order valence-electron chi connectivity index (χ2n) is 4.46. The van der Waals surface area contributed by atoms with Crippen LogP contribution in [0.4, 0.5) is 4.39 Å². The van der Waals surface area contributed by atoms with Gasteiger partial charge in [0.15, 0.2) is 0 Å². The maximum absolute atomic E-state index is 13.8. The van der Waals surface area contributed by atoms with Crippen molar-refractivity contribution in [3.8, 4) is 17.2 Å². The molecule has 2 aromatic carbocycles. The average Bonchev–Trinajstić information content (AvgIpc) is 2.32. The molecule has 0 fully saturated rings. The van der Waals surface area contributed by atoms with Crippen LogP contribution in [0, 0.1) is 31.0 Å². The van der Waals surface area contributed by atoms with E-state index in [0.29, 0.717) is 5.56 Å². The van der Waals surface area contributed by atoms with Gasteiger partial charge in [0.25, 0.3) is 0 Å². The van der Waals surface area contributed by atoms with Crippen LogP contribution in [0.15, 0.2) is 36.4 Å². The Morgan fingerprint density at radius 3 is 2.50 bits per heavy atom. The molecule has 0 saturated heterocycles. The van der Waals surface area contributed by atoms with Gasteiger partial charge in [-0.3, -0.25) is 0 Å². The minimum absolute atomic E-state index is 0.110. The Morgan fingerprint density at radius 2 is 1.89 bits per heavy atom. The number of hydrogen-bond acceptors (Lipinski definition) is 1. The van der Waals surface area contributed by atoms with Gasteiger partial charge in [0, 0.05) is 5.56 Å². The second-order valence-corrected chi connectivity index (χ2v) is 4.46. The summed E-state index contributed by atoms with van der Waals surface area (Å²) in [4.78, 5) is 0. The summed E-state index contributed by atoms with van der Waals surface area (Å²) >= 11 is 0. The summed E-state index contributed by atoms with van der Waals surface area (Å²) < 4.78 is 13.8. The molecule has 2 heteroatoms. The largest absolute Gasteiger partial charge is 0.207 e. The van der Waals surface area contributed by atoms with E-state index >= 15 is 0 Å². The van der Waals surface area contributed by atoms with Crippen LogP contribution in [0.5, 0.6) is 0 Å². The molecule has 0 spiro atoms. The van der Waals surface area contributed by atoms with Gasteiger partial charge in [-0.2, -0.15) is 5.26 Å². The minimum atomic E-state index is -0.311. The molecule has 1 nitrogen and oxygen atoms in total. The minimum Gasteiger partial charge on any atom is -0.207 e. The van der Waals surface area contributed by atoms with Gasteiger partial charge < -0.3 is 0 Å². The standard InChI is InChI=1S/C16H14FN/c1-11-3-6-15(12(2)9-11)14-5-4-13(7-8-18)16(17)10-14/h3-6,9-10H,7H2,1-2H3. The maximum Gasteiger partial charge on any atom is 0.128 e. The molecule has 0 saturated carbocycles. The summed E-state index contributed by atoms with van der Waals surface area (Å²) in [5.41, 5.74) is 4.65. The molecule has 0 heterocycles. The van der Waals surface area contributed by atoms with Gasteiger partial charge in [0.05, 0.1) is 12.5 Å². The van der Waals surface area contributed by atoms with Gasteiger partial charge >= 0.3 is 0 Å². The highest BCUT2D eigenvalue weighted by Gasteiger charge is 2.06. The zero-order valence-corrected chi connectivity index (χ0v) is 10.5. The predicted molar refractivity (Wildman–Crippen MR) is 70.6 cm³/mol. The van der Waals surface area contributed by atoms with Crippen molar-refractivity contribution in [1.29, 1.82) is 5.26 Å². The van der Waals surface area contributed by atoms with Crippen LogP contribution in [-0.4, -0.2) is 0 Å². The molecule has 0 radical (unpaired) electrons. The lowest BCUT2D eigenvalue weighted by molar-refractivity contribution is 0.616. The molecule has 0 amide bonds. The average molecular weight is 239 g/mol. The van der Waals surface area contributed by atoms with Crippen molar-refractivity contribution < 1.29 is 4.39 Å². The monoisotopic (exact) mass is 239 g/mol. The van der Waals surface area contributed by atoms with Gasteiger partial charge in [-0.15, -0.1) is 0 Å². The van der Waals surface area contributed by atoms with Crippen molar-refractivity contribution in [3.63, 3.8) is 0 Å². The van der Waals surface area contributed by atoms with Crippen LogP contribution >= 0.6 is 0 Å². The quantitative estimate of drug-likeness (QED) is 0.771. The molecule has 90 valence electrons. The lowest BCUT2D eigenvalue weighted by Crippen LogP contribution is -1.91. The van der Waals surface area contributed by atoms with E-state index in [0.717, 1.165) is 16.7 Å². The van der Waals surface area contributed by atoms with Crippen molar-refractivity contribution in [2.75, 3.05) is 0 Å². The van der Waals surface area contributed by atoms with Gasteiger partial charge in [0.2, 0.25) is 0 Å². The Labute approximate surface area is 107 Å². The first-order valence-corrected chi connectivity index (χ1v) is 5.85. The molecule has 0 atom stereocenters. The lowest BCUT2D eigenvalue weighted by Gasteiger charge is -2.08. The van der Waals surface area contributed by atoms with Crippen molar-refractivity contribution in [2.24, 2.45) is 0 Å². The fraction of sp³-hybridized carbons (Fsp3) is 0.188. The van der Waals surface area contributed by atoms with Crippen molar-refractivity contribution in [2.45, 2.75) is 20.3 Å². The van der Waals surface area contributed by atoms with Gasteiger partial charge in [-0.25, -0.2) is 4.39 Å². The van der Waals surface area contributed by atoms with Crippen LogP contribution in [0.1, 0.15) is 16.7 Å². The van der Waals surface area contributed by atoms with Crippen LogP contribution in [0.3, 0.4) is 0 Å². The molecular weight excluding hydrogens is 225 g/mol. The summed E-state index contributed by atoms with van der Waals surface area (Å²) in [6.07, 6.45) is 0.110. The first kappa shape index (κ1) is 12.3. The summed E-state index contributed by atoms with van der Waals surface area (Å²) in [5, 5.41) is 8.59. The highest BCUT2D eigenvalue weighted by molar-refractivity contribution is 5.68. The Bertz CT molecular complexity index is 623. The Kier molecular flexibility index (Phi) is 3.43. The van der Waals surface area contributed by atoms with E-state index in [1.54, 1.807) is 6.07 Å². The highest BCUT2D eigenvalue weighted by atomic mass is 19.1. The van der Waals surface area contributed by atoms with E-state index in [1.807, 2.05) is 38.1 Å². The van der Waals surface area contributed by atoms with Crippen LogP contribution < -0.4 is 0 Å². The smallest absolute Gasteiger partial charge is 0.128 e. The normalized spacial score (nSPS) is 10.1. The first-order chi connectivity index (χ1) is 8.61. The van der Waals surface area contributed by atoms with Crippen LogP contribution in [0.25, 0.3) is 11.1 Å². The molecule has 0 aliphatic heterocycles. The first-order valence-electron chi connectivity index (χ1n) is 5.85. The zero-order valence-electron chi connectivity index (χ0n) is 10.5. The molecule has 0 aromatic heterocycles. The van der Waals surface area contributed by atoms with E-state index in [-0.39, 0.29) is 12.2 Å². The second kappa shape index (κ2) is 5.01.